The van der Waals surface area contributed by atoms with Crippen molar-refractivity contribution in [3.8, 4) is 39.3 Å². The molecule has 0 aliphatic heterocycles. The molecule has 0 fully saturated rings. The number of nitrogens with zero attached hydrogens (tertiary/aromatic N) is 3. The Labute approximate surface area is 812 Å². The van der Waals surface area contributed by atoms with Gasteiger partial charge in [-0.1, -0.05) is 328 Å². The van der Waals surface area contributed by atoms with Crippen LogP contribution in [0.15, 0.2) is 480 Å². The van der Waals surface area contributed by atoms with E-state index in [-0.39, 0.29) is 0 Å². The molecule has 0 saturated carbocycles. The zero-order valence-corrected chi connectivity index (χ0v) is 76.9. The van der Waals surface area contributed by atoms with Crippen LogP contribution in [0.4, 0.5) is 0 Å². The van der Waals surface area contributed by atoms with Gasteiger partial charge in [0.1, 0.15) is 27.9 Å². The van der Waals surface area contributed by atoms with Gasteiger partial charge in [-0.2, -0.15) is 0 Å². The van der Waals surface area contributed by atoms with Crippen molar-refractivity contribution in [2.24, 2.45) is 0 Å². The third-order valence-electron chi connectivity index (χ3n) is 29.6. The van der Waals surface area contributed by atoms with Gasteiger partial charge in [-0.25, -0.2) is 0 Å². The lowest BCUT2D eigenvalue weighted by Gasteiger charge is -2.10. The van der Waals surface area contributed by atoms with E-state index in [1.54, 1.807) is 0 Å². The molecule has 32 aromatic rings. The standard InChI is InChI=1S/C28H18N2.2C24H16N2.2C19H12O.C18H11NO/c1-2-10-18(11-3-1)30-24-17-9-7-15-22(24)26-20-13-5-4-12-19(20)25-21-14-6-8-16-23(21)29-27(25)28(26)30;1-2-8-16(9-3-1)26-23-13-7-5-11-18(23)20-14-22-19(15-24(20)26)17-10-4-6-12-21(17)25-22;1-2-8-16(9-3-1)26-21-13-7-5-11-19(21)23-22(26)15-14-18-17-10-4-6-12-20(17)25-24(18)23;1-2-6-14-12(5-1)9-13-10-19-17(11-16(13)14)15-7-3-4-8-18(15)20-19;1-2-6-14-12(5-1)11-13-9-10-17-19(18(13)14)15-7-3-4-8-16(15)20-17;1-3-7-15-11(5-1)13-9-10-14-12-6-2-4-8-16(12)20-18(14)17(13)19-15/h1-17,29H;2*1-15,25H;1-8,10-11H,9H2;1-10H,11H2;1-10,19H. The molecule has 666 valence electrons. The average molecular weight is 1820 g/mol. The Bertz CT molecular complexity index is 10700. The molecular weight excluding hydrogens is 1730 g/mol. The molecule has 142 heavy (non-hydrogen) atoms. The van der Waals surface area contributed by atoms with Gasteiger partial charge in [-0.3, -0.25) is 0 Å². The number of benzene rings is 22. The van der Waals surface area contributed by atoms with Crippen molar-refractivity contribution in [1.29, 1.82) is 0 Å². The van der Waals surface area contributed by atoms with E-state index < -0.39 is 0 Å². The number of fused-ring (bicyclic) bond motifs is 43. The summed E-state index contributed by atoms with van der Waals surface area (Å²) in [6, 6.07) is 165. The average Bonchev–Trinajstić information content (AvgIpc) is 1.54. The molecular formula is C132H85N7O3. The summed E-state index contributed by atoms with van der Waals surface area (Å²) in [6.45, 7) is 0. The molecule has 22 aromatic carbocycles. The maximum absolute atomic E-state index is 6.06. The molecule has 4 N–H and O–H groups in total. The molecule has 34 rings (SSSR count). The van der Waals surface area contributed by atoms with Gasteiger partial charge in [0.15, 0.2) is 5.58 Å². The zero-order chi connectivity index (χ0) is 93.1. The fraction of sp³-hybridized carbons (Fsp3) is 0.0152. The van der Waals surface area contributed by atoms with E-state index in [2.05, 4.69) is 452 Å². The van der Waals surface area contributed by atoms with Crippen LogP contribution < -0.4 is 0 Å². The van der Waals surface area contributed by atoms with Gasteiger partial charge in [0.25, 0.3) is 0 Å². The monoisotopic (exact) mass is 1820 g/mol. The van der Waals surface area contributed by atoms with E-state index >= 15 is 0 Å². The van der Waals surface area contributed by atoms with Crippen LogP contribution in [0, 0.1) is 0 Å². The number of aromatic amines is 4. The van der Waals surface area contributed by atoms with Gasteiger partial charge in [0.2, 0.25) is 0 Å². The van der Waals surface area contributed by atoms with E-state index in [1.165, 1.54) is 246 Å². The van der Waals surface area contributed by atoms with Crippen LogP contribution in [-0.2, 0) is 12.8 Å². The van der Waals surface area contributed by atoms with Crippen molar-refractivity contribution < 1.29 is 13.3 Å². The van der Waals surface area contributed by atoms with Crippen LogP contribution in [0.1, 0.15) is 22.3 Å². The Morgan fingerprint density at radius 3 is 1.27 bits per heavy atom. The minimum atomic E-state index is 0.939. The molecule has 2 aliphatic carbocycles. The second-order valence-electron chi connectivity index (χ2n) is 37.4. The van der Waals surface area contributed by atoms with Crippen molar-refractivity contribution in [3.63, 3.8) is 0 Å². The lowest BCUT2D eigenvalue weighted by atomic mass is 9.99. The first-order valence-corrected chi connectivity index (χ1v) is 48.7. The molecule has 0 atom stereocenters. The first-order valence-electron chi connectivity index (χ1n) is 48.7. The predicted molar refractivity (Wildman–Crippen MR) is 595 cm³/mol. The Balaban J connectivity index is 0.0000000819. The number of hydrogen-bond donors (Lipinski definition) is 4. The summed E-state index contributed by atoms with van der Waals surface area (Å²) < 4.78 is 25.2. The maximum Gasteiger partial charge on any atom is 0.159 e. The third-order valence-corrected chi connectivity index (χ3v) is 29.6. The van der Waals surface area contributed by atoms with Crippen LogP contribution in [0.5, 0.6) is 0 Å². The molecule has 0 amide bonds. The number of nitrogens with one attached hydrogen (secondary N) is 4. The Morgan fingerprint density at radius 1 is 0.176 bits per heavy atom. The smallest absolute Gasteiger partial charge is 0.159 e. The lowest BCUT2D eigenvalue weighted by Crippen LogP contribution is -1.94. The normalized spacial score (nSPS) is 12.2. The van der Waals surface area contributed by atoms with E-state index in [4.69, 9.17) is 13.3 Å². The van der Waals surface area contributed by atoms with E-state index in [0.717, 1.165) is 57.4 Å². The summed E-state index contributed by atoms with van der Waals surface area (Å²) in [4.78, 5) is 14.5. The summed E-state index contributed by atoms with van der Waals surface area (Å²) in [5.74, 6) is 0. The summed E-state index contributed by atoms with van der Waals surface area (Å²) in [5, 5.41) is 27.7. The van der Waals surface area contributed by atoms with Crippen LogP contribution in [0.25, 0.3) is 269 Å². The second-order valence-corrected chi connectivity index (χ2v) is 37.4. The molecule has 10 heteroatoms. The molecule has 10 nitrogen and oxygen atoms in total. The fourth-order valence-corrected chi connectivity index (χ4v) is 23.4. The van der Waals surface area contributed by atoms with Gasteiger partial charge in [0.05, 0.1) is 49.7 Å². The number of aromatic nitrogens is 7. The molecule has 10 heterocycles. The molecule has 0 radical (unpaired) electrons. The third kappa shape index (κ3) is 12.7. The van der Waals surface area contributed by atoms with Crippen molar-refractivity contribution in [3.05, 3.63) is 489 Å². The zero-order valence-electron chi connectivity index (χ0n) is 76.9. The summed E-state index contributed by atoms with van der Waals surface area (Å²) in [5.41, 5.74) is 37.3. The minimum absolute atomic E-state index is 0.939. The minimum Gasteiger partial charge on any atom is -0.456 e. The first kappa shape index (κ1) is 80.4. The number of para-hydroxylation sites is 13. The first-order chi connectivity index (χ1) is 70.5. The van der Waals surface area contributed by atoms with Gasteiger partial charge >= 0.3 is 0 Å². The van der Waals surface area contributed by atoms with E-state index in [9.17, 15) is 0 Å². The van der Waals surface area contributed by atoms with E-state index in [0.29, 0.717) is 0 Å². The number of H-pyrrole nitrogens is 4. The largest absolute Gasteiger partial charge is 0.456 e. The van der Waals surface area contributed by atoms with Crippen LogP contribution in [0.2, 0.25) is 0 Å². The number of hydrogen-bond acceptors (Lipinski definition) is 3. The summed E-state index contributed by atoms with van der Waals surface area (Å²) >= 11 is 0. The van der Waals surface area contributed by atoms with Gasteiger partial charge in [-0.05, 0) is 208 Å². The lowest BCUT2D eigenvalue weighted by molar-refractivity contribution is 0.668. The summed E-state index contributed by atoms with van der Waals surface area (Å²) in [6.07, 6.45) is 2.04. The highest BCUT2D eigenvalue weighted by atomic mass is 16.3. The molecule has 0 unspecified atom stereocenters. The Morgan fingerprint density at radius 2 is 0.606 bits per heavy atom. The van der Waals surface area contributed by atoms with Crippen LogP contribution in [-0.4, -0.2) is 33.6 Å². The number of furan rings is 3. The topological polar surface area (TPSA) is 117 Å². The van der Waals surface area contributed by atoms with Crippen molar-refractivity contribution in [2.45, 2.75) is 12.8 Å². The maximum atomic E-state index is 6.06. The van der Waals surface area contributed by atoms with Crippen LogP contribution >= 0.6 is 0 Å². The van der Waals surface area contributed by atoms with Gasteiger partial charge in [0, 0.05) is 152 Å². The highest BCUT2D eigenvalue weighted by Crippen LogP contribution is 2.50. The quantitative estimate of drug-likeness (QED) is 0.141. The van der Waals surface area contributed by atoms with Crippen molar-refractivity contribution in [1.82, 2.24) is 33.6 Å². The molecule has 10 aromatic heterocycles. The van der Waals surface area contributed by atoms with Crippen molar-refractivity contribution in [2.75, 3.05) is 0 Å². The van der Waals surface area contributed by atoms with Gasteiger partial charge in [-0.15, -0.1) is 0 Å². The predicted octanol–water partition coefficient (Wildman–Crippen LogP) is 35.9. The molecule has 0 bridgehead atoms. The van der Waals surface area contributed by atoms with Crippen molar-refractivity contribution >= 4 is 229 Å². The Hall–Kier alpha value is -18.9. The van der Waals surface area contributed by atoms with E-state index in [1.807, 2.05) is 48.5 Å². The van der Waals surface area contributed by atoms with Crippen LogP contribution in [0.3, 0.4) is 0 Å². The highest BCUT2D eigenvalue weighted by Gasteiger charge is 2.28. The molecule has 0 saturated heterocycles. The SMILES string of the molecule is c1ccc(-n2c3ccccc3c3c4[nH]c5ccccc5c4ccc32)cc1.c1ccc(-n2c3ccccc3c3c4ccccc4c4c5ccccc5[nH]c4c32)cc1.c1ccc(-n2c3ccccc3c3cc4[nH]c5ccccc5c4cc32)cc1.c1ccc2c(c1)Cc1cc3oc4ccccc4c3cc1-2.c1ccc2c(c1)Cc1ccc3oc4ccccc4c3c1-2.c1ccc2c(c1)[nH]c1c2ccc2c3ccccc3oc21. The number of rotatable bonds is 3. The Kier molecular flexibility index (Phi) is 18.3. The molecule has 2 aliphatic rings. The summed E-state index contributed by atoms with van der Waals surface area (Å²) in [7, 11) is 0. The second kappa shape index (κ2) is 32.4. The molecule has 0 spiro atoms. The highest BCUT2D eigenvalue weighted by molar-refractivity contribution is 6.36. The van der Waals surface area contributed by atoms with Gasteiger partial charge < -0.3 is 46.9 Å². The fourth-order valence-electron chi connectivity index (χ4n) is 23.4.